The molecular formula is C25H25ClN6O2. The summed E-state index contributed by atoms with van der Waals surface area (Å²) in [6.07, 6.45) is 1.56. The fraction of sp³-hybridized carbons (Fsp3) is 0.280. The first kappa shape index (κ1) is 22.2. The van der Waals surface area contributed by atoms with Gasteiger partial charge in [-0.1, -0.05) is 23.7 Å². The largest absolute Gasteiger partial charge is 0.497 e. The molecule has 3 heterocycles. The Hall–Kier alpha value is -3.65. The molecule has 1 saturated heterocycles. The molecule has 1 fully saturated rings. The van der Waals surface area contributed by atoms with Gasteiger partial charge in [0, 0.05) is 36.1 Å². The van der Waals surface area contributed by atoms with Crippen LogP contribution in [0.15, 0.2) is 60.7 Å². The van der Waals surface area contributed by atoms with Crippen molar-refractivity contribution in [2.75, 3.05) is 25.1 Å². The molecule has 0 saturated carbocycles. The van der Waals surface area contributed by atoms with Crippen molar-refractivity contribution in [2.24, 2.45) is 5.92 Å². The molecule has 1 aliphatic rings. The van der Waals surface area contributed by atoms with Crippen molar-refractivity contribution in [2.45, 2.75) is 19.4 Å². The standard InChI is InChI=1S/C25H25ClN6O2/c1-34-21-8-2-17(3-9-21)16-27-25(33)19-12-14-31(15-13-19)23-11-10-22-28-29-24(32(22)30-23)18-4-6-20(26)7-5-18/h2-11,19H,12-16H2,1H3,(H,27,33). The molecule has 5 rings (SSSR count). The van der Waals surface area contributed by atoms with E-state index in [2.05, 4.69) is 20.4 Å². The Morgan fingerprint density at radius 1 is 1.03 bits per heavy atom. The van der Waals surface area contributed by atoms with Crippen molar-refractivity contribution in [1.82, 2.24) is 25.1 Å². The van der Waals surface area contributed by atoms with E-state index in [1.165, 1.54) is 0 Å². The zero-order valence-corrected chi connectivity index (χ0v) is 19.6. The summed E-state index contributed by atoms with van der Waals surface area (Å²) in [5.41, 5.74) is 2.63. The summed E-state index contributed by atoms with van der Waals surface area (Å²) < 4.78 is 6.93. The summed E-state index contributed by atoms with van der Waals surface area (Å²) >= 11 is 6.02. The number of methoxy groups -OCH3 is 1. The van der Waals surface area contributed by atoms with Gasteiger partial charge in [0.25, 0.3) is 0 Å². The minimum atomic E-state index is -0.00207. The highest BCUT2D eigenvalue weighted by atomic mass is 35.5. The van der Waals surface area contributed by atoms with Crippen molar-refractivity contribution in [3.8, 4) is 17.1 Å². The predicted octanol–water partition coefficient (Wildman–Crippen LogP) is 3.99. The minimum Gasteiger partial charge on any atom is -0.497 e. The van der Waals surface area contributed by atoms with Crippen molar-refractivity contribution in [3.05, 3.63) is 71.2 Å². The third-order valence-corrected chi connectivity index (χ3v) is 6.42. The number of benzene rings is 2. The van der Waals surface area contributed by atoms with Gasteiger partial charge in [0.1, 0.15) is 11.6 Å². The monoisotopic (exact) mass is 476 g/mol. The van der Waals surface area contributed by atoms with E-state index in [1.54, 1.807) is 11.6 Å². The van der Waals surface area contributed by atoms with Crippen LogP contribution in [-0.4, -0.2) is 45.9 Å². The maximum Gasteiger partial charge on any atom is 0.223 e. The number of amides is 1. The van der Waals surface area contributed by atoms with Crippen molar-refractivity contribution in [3.63, 3.8) is 0 Å². The molecule has 0 bridgehead atoms. The molecule has 0 radical (unpaired) electrons. The Morgan fingerprint density at radius 3 is 2.47 bits per heavy atom. The van der Waals surface area contributed by atoms with Crippen LogP contribution in [0, 0.1) is 5.92 Å². The molecule has 1 amide bonds. The lowest BCUT2D eigenvalue weighted by molar-refractivity contribution is -0.125. The highest BCUT2D eigenvalue weighted by molar-refractivity contribution is 6.30. The molecule has 4 aromatic rings. The lowest BCUT2D eigenvalue weighted by Crippen LogP contribution is -2.40. The summed E-state index contributed by atoms with van der Waals surface area (Å²) in [5, 5.41) is 17.1. The van der Waals surface area contributed by atoms with Crippen LogP contribution in [0.5, 0.6) is 5.75 Å². The van der Waals surface area contributed by atoms with E-state index in [9.17, 15) is 4.79 Å². The fourth-order valence-corrected chi connectivity index (χ4v) is 4.30. The number of hydrogen-bond donors (Lipinski definition) is 1. The quantitative estimate of drug-likeness (QED) is 0.453. The van der Waals surface area contributed by atoms with E-state index in [4.69, 9.17) is 21.4 Å². The lowest BCUT2D eigenvalue weighted by Gasteiger charge is -2.32. The minimum absolute atomic E-state index is 0.00207. The summed E-state index contributed by atoms with van der Waals surface area (Å²) in [4.78, 5) is 14.9. The number of aromatic nitrogens is 4. The first-order valence-electron chi connectivity index (χ1n) is 11.2. The van der Waals surface area contributed by atoms with Crippen LogP contribution in [-0.2, 0) is 11.3 Å². The zero-order chi connectivity index (χ0) is 23.5. The second-order valence-corrected chi connectivity index (χ2v) is 8.76. The summed E-state index contributed by atoms with van der Waals surface area (Å²) in [6, 6.07) is 19.1. The molecule has 34 heavy (non-hydrogen) atoms. The predicted molar refractivity (Wildman–Crippen MR) is 131 cm³/mol. The van der Waals surface area contributed by atoms with Gasteiger partial charge in [-0.3, -0.25) is 4.79 Å². The number of nitrogens with one attached hydrogen (secondary N) is 1. The number of fused-ring (bicyclic) bond motifs is 1. The number of nitrogens with zero attached hydrogens (tertiary/aromatic N) is 5. The topological polar surface area (TPSA) is 84.6 Å². The normalized spacial score (nSPS) is 14.4. The van der Waals surface area contributed by atoms with Gasteiger partial charge in [-0.2, -0.15) is 4.52 Å². The summed E-state index contributed by atoms with van der Waals surface area (Å²) in [7, 11) is 1.64. The molecule has 174 valence electrons. The van der Waals surface area contributed by atoms with E-state index >= 15 is 0 Å². The van der Waals surface area contributed by atoms with Gasteiger partial charge >= 0.3 is 0 Å². The number of carbonyl (C=O) groups excluding carboxylic acids is 1. The van der Waals surface area contributed by atoms with E-state index < -0.39 is 0 Å². The first-order valence-corrected chi connectivity index (χ1v) is 11.6. The highest BCUT2D eigenvalue weighted by Gasteiger charge is 2.26. The first-order chi connectivity index (χ1) is 16.6. The van der Waals surface area contributed by atoms with Crippen LogP contribution in [0.2, 0.25) is 5.02 Å². The van der Waals surface area contributed by atoms with Gasteiger partial charge in [-0.05, 0) is 66.9 Å². The lowest BCUT2D eigenvalue weighted by atomic mass is 9.96. The van der Waals surface area contributed by atoms with Gasteiger partial charge in [-0.25, -0.2) is 0 Å². The van der Waals surface area contributed by atoms with Crippen LogP contribution in [0.1, 0.15) is 18.4 Å². The van der Waals surface area contributed by atoms with E-state index in [0.29, 0.717) is 23.0 Å². The van der Waals surface area contributed by atoms with Gasteiger partial charge in [0.05, 0.1) is 7.11 Å². The number of carbonyl (C=O) groups is 1. The van der Waals surface area contributed by atoms with Crippen LogP contribution in [0.4, 0.5) is 5.82 Å². The molecule has 1 aliphatic heterocycles. The molecule has 1 N–H and O–H groups in total. The van der Waals surface area contributed by atoms with Crippen LogP contribution in [0.25, 0.3) is 17.0 Å². The van der Waals surface area contributed by atoms with E-state index in [-0.39, 0.29) is 11.8 Å². The number of ether oxygens (including phenoxy) is 1. The molecule has 0 unspecified atom stereocenters. The molecule has 0 spiro atoms. The van der Waals surface area contributed by atoms with Crippen molar-refractivity contribution in [1.29, 1.82) is 0 Å². The number of hydrogen-bond acceptors (Lipinski definition) is 6. The molecule has 9 heteroatoms. The molecule has 2 aromatic carbocycles. The Balaban J connectivity index is 1.21. The van der Waals surface area contributed by atoms with Crippen LogP contribution >= 0.6 is 11.6 Å². The van der Waals surface area contributed by atoms with E-state index in [1.807, 2.05) is 60.7 Å². The van der Waals surface area contributed by atoms with Gasteiger partial charge in [0.2, 0.25) is 5.91 Å². The second-order valence-electron chi connectivity index (χ2n) is 8.32. The maximum atomic E-state index is 12.7. The molecule has 0 aliphatic carbocycles. The number of rotatable bonds is 6. The highest BCUT2D eigenvalue weighted by Crippen LogP contribution is 2.25. The molecule has 2 aromatic heterocycles. The average molecular weight is 477 g/mol. The number of halogens is 1. The number of anilines is 1. The SMILES string of the molecule is COc1ccc(CNC(=O)C2CCN(c3ccc4nnc(-c5ccc(Cl)cc5)n4n3)CC2)cc1. The van der Waals surface area contributed by atoms with Gasteiger partial charge in [0.15, 0.2) is 11.5 Å². The molecule has 8 nitrogen and oxygen atoms in total. The Labute approximate surface area is 202 Å². The molecular weight excluding hydrogens is 452 g/mol. The Bertz CT molecular complexity index is 1280. The van der Waals surface area contributed by atoms with Gasteiger partial charge in [-0.15, -0.1) is 15.3 Å². The number of piperidine rings is 1. The third-order valence-electron chi connectivity index (χ3n) is 6.17. The van der Waals surface area contributed by atoms with E-state index in [0.717, 1.165) is 48.6 Å². The fourth-order valence-electron chi connectivity index (χ4n) is 4.17. The summed E-state index contributed by atoms with van der Waals surface area (Å²) in [5.74, 6) is 2.42. The summed E-state index contributed by atoms with van der Waals surface area (Å²) in [6.45, 7) is 2.04. The van der Waals surface area contributed by atoms with Crippen molar-refractivity contribution < 1.29 is 9.53 Å². The van der Waals surface area contributed by atoms with Gasteiger partial charge < -0.3 is 15.0 Å². The Morgan fingerprint density at radius 2 is 1.76 bits per heavy atom. The van der Waals surface area contributed by atoms with Crippen LogP contribution in [0.3, 0.4) is 0 Å². The second kappa shape index (κ2) is 9.69. The van der Waals surface area contributed by atoms with Crippen molar-refractivity contribution >= 4 is 29.0 Å². The zero-order valence-electron chi connectivity index (χ0n) is 18.8. The third kappa shape index (κ3) is 4.68. The smallest absolute Gasteiger partial charge is 0.223 e. The van der Waals surface area contributed by atoms with Crippen LogP contribution < -0.4 is 15.0 Å². The maximum absolute atomic E-state index is 12.7. The molecule has 0 atom stereocenters. The average Bonchev–Trinajstić information content (AvgIpc) is 3.31. The Kier molecular flexibility index (Phi) is 6.31.